The van der Waals surface area contributed by atoms with Crippen LogP contribution in [0.5, 0.6) is 0 Å². The Bertz CT molecular complexity index is 606. The van der Waals surface area contributed by atoms with Crippen LogP contribution < -0.4 is 17.2 Å². The number of rotatable bonds is 1. The van der Waals surface area contributed by atoms with Gasteiger partial charge in [0.15, 0.2) is 0 Å². The highest BCUT2D eigenvalue weighted by Crippen LogP contribution is 2.23. The van der Waals surface area contributed by atoms with Gasteiger partial charge in [-0.15, -0.1) is 0 Å². The van der Waals surface area contributed by atoms with Gasteiger partial charge in [-0.05, 0) is 31.0 Å². The minimum atomic E-state index is -0.484. The number of nitrogen functional groups attached to an aromatic ring is 3. The molecule has 6 nitrogen and oxygen atoms in total. The molecule has 0 amide bonds. The van der Waals surface area contributed by atoms with Crippen molar-refractivity contribution in [1.29, 1.82) is 0 Å². The van der Waals surface area contributed by atoms with Gasteiger partial charge in [-0.3, -0.25) is 10.1 Å². The van der Waals surface area contributed by atoms with Crippen LogP contribution in [-0.4, -0.2) is 4.92 Å². The maximum Gasteiger partial charge on any atom is 0.292 e. The Morgan fingerprint density at radius 3 is 1.80 bits per heavy atom. The van der Waals surface area contributed by atoms with Crippen molar-refractivity contribution in [2.45, 2.75) is 13.8 Å². The number of aryl methyl sites for hydroxylation is 2. The molecule has 0 heterocycles. The number of hydrogen-bond donors (Lipinski definition) is 3. The fourth-order valence-corrected chi connectivity index (χ4v) is 1.53. The lowest BCUT2D eigenvalue weighted by atomic mass is 10.2. The molecule has 0 radical (unpaired) electrons. The zero-order chi connectivity index (χ0) is 15.3. The molecule has 0 atom stereocenters. The Kier molecular flexibility index (Phi) is 4.91. The molecule has 6 N–H and O–H groups in total. The van der Waals surface area contributed by atoms with Gasteiger partial charge in [-0.2, -0.15) is 0 Å². The fraction of sp³-hybridized carbons (Fsp3) is 0.143. The monoisotopic (exact) mass is 274 g/mol. The average Bonchev–Trinajstić information content (AvgIpc) is 2.39. The maximum absolute atomic E-state index is 10.3. The fourth-order valence-electron chi connectivity index (χ4n) is 1.53. The third-order valence-electron chi connectivity index (χ3n) is 2.86. The van der Waals surface area contributed by atoms with Crippen molar-refractivity contribution >= 4 is 22.7 Å². The summed E-state index contributed by atoms with van der Waals surface area (Å²) in [6.07, 6.45) is 0. The first-order valence-electron chi connectivity index (χ1n) is 5.94. The first-order valence-corrected chi connectivity index (χ1v) is 5.94. The minimum absolute atomic E-state index is 0.0231. The highest BCUT2D eigenvalue weighted by Gasteiger charge is 2.10. The van der Waals surface area contributed by atoms with Crippen molar-refractivity contribution in [3.8, 4) is 0 Å². The van der Waals surface area contributed by atoms with Gasteiger partial charge in [0.2, 0.25) is 0 Å². The van der Waals surface area contributed by atoms with Crippen LogP contribution >= 0.6 is 0 Å². The topological polar surface area (TPSA) is 121 Å². The molecule has 0 unspecified atom stereocenters. The van der Waals surface area contributed by atoms with E-state index in [1.165, 1.54) is 6.07 Å². The summed E-state index contributed by atoms with van der Waals surface area (Å²) in [6, 6.07) is 10.4. The van der Waals surface area contributed by atoms with E-state index >= 15 is 0 Å². The summed E-state index contributed by atoms with van der Waals surface area (Å²) in [5, 5.41) is 10.3. The average molecular weight is 274 g/mol. The Labute approximate surface area is 117 Å². The van der Waals surface area contributed by atoms with E-state index in [-0.39, 0.29) is 11.4 Å². The molecule has 2 aromatic rings. The van der Waals surface area contributed by atoms with E-state index in [0.717, 1.165) is 11.1 Å². The van der Waals surface area contributed by atoms with E-state index in [4.69, 9.17) is 17.2 Å². The second-order valence-electron chi connectivity index (χ2n) is 4.34. The molecule has 0 fully saturated rings. The van der Waals surface area contributed by atoms with Gasteiger partial charge in [-0.1, -0.05) is 24.3 Å². The SMILES string of the molecule is Cc1cccc(N)c1N.Cc1cccc([N+](=O)[O-])c1N. The van der Waals surface area contributed by atoms with Gasteiger partial charge in [0.05, 0.1) is 16.3 Å². The number of anilines is 3. The smallest absolute Gasteiger partial charge is 0.292 e. The van der Waals surface area contributed by atoms with E-state index < -0.39 is 4.92 Å². The Morgan fingerprint density at radius 2 is 1.40 bits per heavy atom. The van der Waals surface area contributed by atoms with Gasteiger partial charge >= 0.3 is 0 Å². The molecule has 2 rings (SSSR count). The van der Waals surface area contributed by atoms with Crippen LogP contribution in [0.4, 0.5) is 22.7 Å². The lowest BCUT2D eigenvalue weighted by molar-refractivity contribution is -0.383. The molecule has 6 heteroatoms. The number of nitro benzene ring substituents is 1. The highest BCUT2D eigenvalue weighted by atomic mass is 16.6. The molecular formula is C14H18N4O2. The molecule has 0 bridgehead atoms. The zero-order valence-corrected chi connectivity index (χ0v) is 11.5. The second-order valence-corrected chi connectivity index (χ2v) is 4.34. The van der Waals surface area contributed by atoms with Crippen LogP contribution in [0.3, 0.4) is 0 Å². The molecule has 2 aromatic carbocycles. The molecule has 0 aromatic heterocycles. The van der Waals surface area contributed by atoms with Gasteiger partial charge < -0.3 is 17.2 Å². The van der Waals surface area contributed by atoms with Crippen molar-refractivity contribution in [3.05, 3.63) is 57.6 Å². The van der Waals surface area contributed by atoms with Crippen LogP contribution in [0, 0.1) is 24.0 Å². The zero-order valence-electron chi connectivity index (χ0n) is 11.5. The van der Waals surface area contributed by atoms with Gasteiger partial charge in [0.25, 0.3) is 5.69 Å². The Morgan fingerprint density at radius 1 is 0.900 bits per heavy atom. The van der Waals surface area contributed by atoms with Crippen LogP contribution in [0.25, 0.3) is 0 Å². The number of para-hydroxylation sites is 2. The normalized spacial score (nSPS) is 9.50. The Hall–Kier alpha value is -2.76. The van der Waals surface area contributed by atoms with Gasteiger partial charge in [0, 0.05) is 6.07 Å². The predicted molar refractivity (Wildman–Crippen MR) is 82.2 cm³/mol. The Balaban J connectivity index is 0.000000204. The van der Waals surface area contributed by atoms with E-state index in [1.807, 2.05) is 19.1 Å². The van der Waals surface area contributed by atoms with E-state index in [0.29, 0.717) is 11.4 Å². The molecule has 0 aliphatic rings. The lowest BCUT2D eigenvalue weighted by Crippen LogP contribution is -1.96. The van der Waals surface area contributed by atoms with Crippen molar-refractivity contribution in [2.24, 2.45) is 0 Å². The van der Waals surface area contributed by atoms with E-state index in [2.05, 4.69) is 0 Å². The third-order valence-corrected chi connectivity index (χ3v) is 2.86. The summed E-state index contributed by atoms with van der Waals surface area (Å²) >= 11 is 0. The highest BCUT2D eigenvalue weighted by molar-refractivity contribution is 5.66. The largest absolute Gasteiger partial charge is 0.397 e. The standard InChI is InChI=1S/C7H8N2O2.C7H10N2/c1-5-3-2-4-6(7(5)8)9(10)11;1-5-3-2-4-6(8)7(5)9/h2-4H,8H2,1H3;2-4H,8-9H2,1H3. The molecule has 0 aliphatic carbocycles. The van der Waals surface area contributed by atoms with E-state index in [9.17, 15) is 10.1 Å². The maximum atomic E-state index is 10.3. The quantitative estimate of drug-likeness (QED) is 0.419. The molecule has 106 valence electrons. The van der Waals surface area contributed by atoms with Crippen LogP contribution in [0.15, 0.2) is 36.4 Å². The minimum Gasteiger partial charge on any atom is -0.397 e. The number of nitrogens with zero attached hydrogens (tertiary/aromatic N) is 1. The van der Waals surface area contributed by atoms with Gasteiger partial charge in [0.1, 0.15) is 5.69 Å². The molecular weight excluding hydrogens is 256 g/mol. The van der Waals surface area contributed by atoms with Crippen molar-refractivity contribution in [1.82, 2.24) is 0 Å². The number of nitro groups is 1. The molecule has 20 heavy (non-hydrogen) atoms. The van der Waals surface area contributed by atoms with Crippen molar-refractivity contribution < 1.29 is 4.92 Å². The molecule has 0 saturated carbocycles. The third kappa shape index (κ3) is 3.61. The molecule has 0 aliphatic heterocycles. The summed E-state index contributed by atoms with van der Waals surface area (Å²) in [5.74, 6) is 0. The molecule has 0 saturated heterocycles. The number of hydrogen-bond acceptors (Lipinski definition) is 5. The summed E-state index contributed by atoms with van der Waals surface area (Å²) < 4.78 is 0. The lowest BCUT2D eigenvalue weighted by Gasteiger charge is -2.00. The molecule has 0 spiro atoms. The van der Waals surface area contributed by atoms with Crippen molar-refractivity contribution in [2.75, 3.05) is 17.2 Å². The summed E-state index contributed by atoms with van der Waals surface area (Å²) in [4.78, 5) is 9.82. The second kappa shape index (κ2) is 6.42. The summed E-state index contributed by atoms with van der Waals surface area (Å²) in [7, 11) is 0. The predicted octanol–water partition coefficient (Wildman–Crippen LogP) is 2.64. The summed E-state index contributed by atoms with van der Waals surface area (Å²) in [5.41, 5.74) is 19.8. The summed E-state index contributed by atoms with van der Waals surface area (Å²) in [6.45, 7) is 3.67. The van der Waals surface area contributed by atoms with E-state index in [1.54, 1.807) is 25.1 Å². The van der Waals surface area contributed by atoms with Crippen LogP contribution in [-0.2, 0) is 0 Å². The number of benzene rings is 2. The van der Waals surface area contributed by atoms with Gasteiger partial charge in [-0.25, -0.2) is 0 Å². The first kappa shape index (κ1) is 15.3. The van der Waals surface area contributed by atoms with Crippen LogP contribution in [0.1, 0.15) is 11.1 Å². The first-order chi connectivity index (χ1) is 9.34. The van der Waals surface area contributed by atoms with Crippen LogP contribution in [0.2, 0.25) is 0 Å². The number of nitrogens with two attached hydrogens (primary N) is 3. The van der Waals surface area contributed by atoms with Crippen molar-refractivity contribution in [3.63, 3.8) is 0 Å².